The average molecular weight is 228 g/mol. The van der Waals surface area contributed by atoms with Crippen LogP contribution in [0.1, 0.15) is 20.3 Å². The number of carbonyl (C=O) groups excluding carboxylic acids is 3. The Kier molecular flexibility index (Phi) is 7.11. The predicted molar refractivity (Wildman–Crippen MR) is 59.1 cm³/mol. The van der Waals surface area contributed by atoms with Crippen molar-refractivity contribution in [2.75, 3.05) is 13.1 Å². The fraction of sp³-hybridized carbons (Fsp3) is 0.700. The summed E-state index contributed by atoms with van der Waals surface area (Å²) in [6.07, 6.45) is 2.05. The second kappa shape index (κ2) is 7.81. The Balaban J connectivity index is 4.33. The van der Waals surface area contributed by atoms with Crippen LogP contribution in [-0.4, -0.2) is 37.2 Å². The van der Waals surface area contributed by atoms with Gasteiger partial charge < -0.3 is 16.4 Å². The van der Waals surface area contributed by atoms with Gasteiger partial charge in [0.2, 0.25) is 18.1 Å². The van der Waals surface area contributed by atoms with Crippen LogP contribution in [0.15, 0.2) is 0 Å². The first kappa shape index (κ1) is 14.6. The van der Waals surface area contributed by atoms with Crippen molar-refractivity contribution in [1.29, 1.82) is 0 Å². The maximum absolute atomic E-state index is 11.5. The molecule has 0 aliphatic carbocycles. The largest absolute Gasteiger partial charge is 0.347 e. The van der Waals surface area contributed by atoms with E-state index in [0.29, 0.717) is 6.42 Å². The van der Waals surface area contributed by atoms with E-state index in [-0.39, 0.29) is 24.9 Å². The lowest BCUT2D eigenvalue weighted by molar-refractivity contribution is -0.128. The Hall–Kier alpha value is -1.43. The van der Waals surface area contributed by atoms with Crippen molar-refractivity contribution in [1.82, 2.24) is 10.6 Å². The van der Waals surface area contributed by atoms with Crippen molar-refractivity contribution in [3.05, 3.63) is 0 Å². The van der Waals surface area contributed by atoms with E-state index in [0.717, 1.165) is 0 Å². The Morgan fingerprint density at radius 1 is 1.38 bits per heavy atom. The first-order valence-electron chi connectivity index (χ1n) is 5.13. The van der Waals surface area contributed by atoms with Crippen molar-refractivity contribution in [3.63, 3.8) is 0 Å². The molecule has 6 heteroatoms. The van der Waals surface area contributed by atoms with Gasteiger partial charge in [-0.25, -0.2) is 0 Å². The van der Waals surface area contributed by atoms with Crippen LogP contribution in [0.25, 0.3) is 0 Å². The molecule has 0 bridgehead atoms. The molecule has 0 spiro atoms. The van der Waals surface area contributed by atoms with E-state index in [2.05, 4.69) is 10.6 Å². The molecule has 0 heterocycles. The van der Waals surface area contributed by atoms with Crippen LogP contribution in [0.5, 0.6) is 0 Å². The first-order chi connectivity index (χ1) is 7.51. The molecule has 16 heavy (non-hydrogen) atoms. The SMILES string of the molecule is CC(C)C[C@H](NC(=O)CN)C(=O)NC[C]=O. The number of hydrogen-bond donors (Lipinski definition) is 3. The number of rotatable bonds is 7. The molecule has 0 unspecified atom stereocenters. The Bertz CT molecular complexity index is 254. The second-order valence-electron chi connectivity index (χ2n) is 3.82. The van der Waals surface area contributed by atoms with Crippen LogP contribution >= 0.6 is 0 Å². The lowest BCUT2D eigenvalue weighted by Gasteiger charge is -2.19. The number of amides is 2. The molecular formula is C10H18N3O3. The zero-order valence-electron chi connectivity index (χ0n) is 9.58. The minimum Gasteiger partial charge on any atom is -0.347 e. The minimum atomic E-state index is -0.649. The summed E-state index contributed by atoms with van der Waals surface area (Å²) in [5.41, 5.74) is 5.15. The van der Waals surface area contributed by atoms with E-state index in [4.69, 9.17) is 5.73 Å². The molecule has 1 atom stereocenters. The lowest BCUT2D eigenvalue weighted by atomic mass is 10.0. The zero-order valence-corrected chi connectivity index (χ0v) is 9.58. The molecule has 0 aromatic heterocycles. The molecular weight excluding hydrogens is 210 g/mol. The summed E-state index contributed by atoms with van der Waals surface area (Å²) in [4.78, 5) is 32.6. The quantitative estimate of drug-likeness (QED) is 0.504. The van der Waals surface area contributed by atoms with Crippen LogP contribution in [-0.2, 0) is 14.4 Å². The number of nitrogens with one attached hydrogen (secondary N) is 2. The van der Waals surface area contributed by atoms with Gasteiger partial charge in [0, 0.05) is 0 Å². The van der Waals surface area contributed by atoms with Gasteiger partial charge in [0.1, 0.15) is 6.04 Å². The summed E-state index contributed by atoms with van der Waals surface area (Å²) in [6.45, 7) is 3.52. The van der Waals surface area contributed by atoms with Gasteiger partial charge >= 0.3 is 0 Å². The Labute approximate surface area is 94.9 Å². The van der Waals surface area contributed by atoms with Gasteiger partial charge in [-0.1, -0.05) is 13.8 Å². The summed E-state index contributed by atoms with van der Waals surface area (Å²) in [5, 5.41) is 4.85. The molecule has 0 saturated carbocycles. The fourth-order valence-electron chi connectivity index (χ4n) is 1.20. The standard InChI is InChI=1S/C10H18N3O3/c1-7(2)5-8(13-9(15)6-11)10(16)12-3-4-14/h7-8H,3,5-6,11H2,1-2H3,(H,12,16)(H,13,15)/t8-/m0/s1. The molecule has 0 fully saturated rings. The van der Waals surface area contributed by atoms with E-state index in [1.807, 2.05) is 13.8 Å². The predicted octanol–water partition coefficient (Wildman–Crippen LogP) is -1.30. The van der Waals surface area contributed by atoms with Crippen LogP contribution in [0, 0.1) is 5.92 Å². The molecule has 1 radical (unpaired) electrons. The fourth-order valence-corrected chi connectivity index (χ4v) is 1.20. The number of nitrogens with two attached hydrogens (primary N) is 1. The Morgan fingerprint density at radius 3 is 2.44 bits per heavy atom. The molecule has 0 aromatic carbocycles. The molecule has 91 valence electrons. The van der Waals surface area contributed by atoms with Gasteiger partial charge in [-0.05, 0) is 12.3 Å². The zero-order chi connectivity index (χ0) is 12.6. The molecule has 0 saturated heterocycles. The van der Waals surface area contributed by atoms with E-state index >= 15 is 0 Å². The Morgan fingerprint density at radius 2 is 2.00 bits per heavy atom. The van der Waals surface area contributed by atoms with E-state index in [1.165, 1.54) is 0 Å². The highest BCUT2D eigenvalue weighted by Gasteiger charge is 2.20. The van der Waals surface area contributed by atoms with Crippen molar-refractivity contribution in [3.8, 4) is 0 Å². The highest BCUT2D eigenvalue weighted by Crippen LogP contribution is 2.04. The molecule has 4 N–H and O–H groups in total. The van der Waals surface area contributed by atoms with Gasteiger partial charge in [0.25, 0.3) is 0 Å². The molecule has 0 aromatic rings. The van der Waals surface area contributed by atoms with E-state index < -0.39 is 11.9 Å². The van der Waals surface area contributed by atoms with Crippen LogP contribution in [0.2, 0.25) is 0 Å². The summed E-state index contributed by atoms with van der Waals surface area (Å²) < 4.78 is 0. The monoisotopic (exact) mass is 228 g/mol. The third-order valence-electron chi connectivity index (χ3n) is 1.88. The third-order valence-corrected chi connectivity index (χ3v) is 1.88. The van der Waals surface area contributed by atoms with Gasteiger partial charge in [-0.15, -0.1) is 0 Å². The molecule has 0 aliphatic heterocycles. The van der Waals surface area contributed by atoms with Gasteiger partial charge in [0.15, 0.2) is 0 Å². The van der Waals surface area contributed by atoms with Gasteiger partial charge in [-0.3, -0.25) is 14.4 Å². The maximum atomic E-state index is 11.5. The maximum Gasteiger partial charge on any atom is 0.242 e. The lowest BCUT2D eigenvalue weighted by Crippen LogP contribution is -2.49. The smallest absolute Gasteiger partial charge is 0.242 e. The summed E-state index contributed by atoms with van der Waals surface area (Å²) in [6, 6.07) is -0.649. The third kappa shape index (κ3) is 6.13. The number of hydrogen-bond acceptors (Lipinski definition) is 4. The van der Waals surface area contributed by atoms with Crippen LogP contribution < -0.4 is 16.4 Å². The molecule has 2 amide bonds. The van der Waals surface area contributed by atoms with E-state index in [9.17, 15) is 14.4 Å². The highest BCUT2D eigenvalue weighted by atomic mass is 16.2. The average Bonchev–Trinajstić information content (AvgIpc) is 2.24. The number of carbonyl (C=O) groups is 2. The van der Waals surface area contributed by atoms with Crippen LogP contribution in [0.3, 0.4) is 0 Å². The van der Waals surface area contributed by atoms with Crippen LogP contribution in [0.4, 0.5) is 0 Å². The summed E-state index contributed by atoms with van der Waals surface area (Å²) in [7, 11) is 0. The topological polar surface area (TPSA) is 101 Å². The van der Waals surface area contributed by atoms with Crippen molar-refractivity contribution < 1.29 is 14.4 Å². The molecule has 0 rings (SSSR count). The highest BCUT2D eigenvalue weighted by molar-refractivity contribution is 5.89. The van der Waals surface area contributed by atoms with Crippen molar-refractivity contribution >= 4 is 18.1 Å². The first-order valence-corrected chi connectivity index (χ1v) is 5.13. The van der Waals surface area contributed by atoms with Gasteiger partial charge in [0.05, 0.1) is 13.1 Å². The van der Waals surface area contributed by atoms with Crippen molar-refractivity contribution in [2.45, 2.75) is 26.3 Å². The van der Waals surface area contributed by atoms with Crippen molar-refractivity contribution in [2.24, 2.45) is 11.7 Å². The molecule has 0 aliphatic rings. The molecule has 6 nitrogen and oxygen atoms in total. The normalized spacial score (nSPS) is 12.0. The van der Waals surface area contributed by atoms with E-state index in [1.54, 1.807) is 6.29 Å². The summed E-state index contributed by atoms with van der Waals surface area (Å²) in [5.74, 6) is -0.538. The summed E-state index contributed by atoms with van der Waals surface area (Å²) >= 11 is 0. The second-order valence-corrected chi connectivity index (χ2v) is 3.82. The van der Waals surface area contributed by atoms with Gasteiger partial charge in [-0.2, -0.15) is 0 Å². The minimum absolute atomic E-state index is 0.165.